The lowest BCUT2D eigenvalue weighted by molar-refractivity contribution is -0.903. The summed E-state index contributed by atoms with van der Waals surface area (Å²) in [5.74, 6) is -1.78. The highest BCUT2D eigenvalue weighted by Crippen LogP contribution is 2.22. The Balaban J connectivity index is 2.26. The second-order valence-corrected chi connectivity index (χ2v) is 8.52. The molecule has 0 bridgehead atoms. The van der Waals surface area contributed by atoms with Crippen LogP contribution in [0.5, 0.6) is 0 Å². The quantitative estimate of drug-likeness (QED) is 0.188. The first-order chi connectivity index (χ1) is 13.2. The Bertz CT molecular complexity index is 564. The summed E-state index contributed by atoms with van der Waals surface area (Å²) in [6.45, 7) is 4.03. The van der Waals surface area contributed by atoms with Gasteiger partial charge in [0.1, 0.15) is 6.54 Å². The summed E-state index contributed by atoms with van der Waals surface area (Å²) < 4.78 is 38.2. The van der Waals surface area contributed by atoms with Crippen LogP contribution in [-0.4, -0.2) is 37.1 Å². The predicted octanol–water partition coefficient (Wildman–Crippen LogP) is 6.93. The maximum Gasteiger partial charge on any atom is 0.454 e. The first-order valence-electron chi connectivity index (χ1n) is 10.7. The number of hydrogen-bond donors (Lipinski definition) is 0. The number of hydrogen-bond acceptors (Lipinski definition) is 1. The van der Waals surface area contributed by atoms with E-state index in [-0.39, 0.29) is 5.56 Å². The molecule has 1 aromatic carbocycles. The van der Waals surface area contributed by atoms with E-state index in [1.165, 1.54) is 69.9 Å². The maximum absolute atomic E-state index is 12.5. The molecule has 0 aliphatic heterocycles. The van der Waals surface area contributed by atoms with Crippen LogP contribution in [0.1, 0.15) is 87.1 Å². The normalized spacial score (nSPS) is 12.4. The number of Topliss-reactive ketones (excluding diaryl/α,β-unsaturated/α-hetero) is 1. The molecule has 0 N–H and O–H groups in total. The van der Waals surface area contributed by atoms with E-state index in [1.807, 2.05) is 0 Å². The van der Waals surface area contributed by atoms with E-state index in [1.54, 1.807) is 12.1 Å². The fraction of sp³-hybridized carbons (Fsp3) is 0.696. The highest BCUT2D eigenvalue weighted by atomic mass is 19.4. The van der Waals surface area contributed by atoms with Gasteiger partial charge in [0.25, 0.3) is 5.78 Å². The molecule has 0 spiro atoms. The number of benzene rings is 1. The van der Waals surface area contributed by atoms with Gasteiger partial charge in [-0.05, 0) is 12.8 Å². The molecule has 0 fully saturated rings. The summed E-state index contributed by atoms with van der Waals surface area (Å²) in [5.41, 5.74) is 0.659. The highest BCUT2D eigenvalue weighted by molar-refractivity contribution is 6.00. The molecule has 160 valence electrons. The Morgan fingerprint density at radius 3 is 1.75 bits per heavy atom. The van der Waals surface area contributed by atoms with Crippen LogP contribution in [0.25, 0.3) is 0 Å². The average molecular weight is 401 g/mol. The summed E-state index contributed by atoms with van der Waals surface area (Å²) >= 11 is 0. The largest absolute Gasteiger partial charge is 0.454 e. The van der Waals surface area contributed by atoms with Crippen molar-refractivity contribution in [1.29, 1.82) is 0 Å². The van der Waals surface area contributed by atoms with E-state index in [4.69, 9.17) is 0 Å². The van der Waals surface area contributed by atoms with Crippen molar-refractivity contribution in [3.05, 3.63) is 35.4 Å². The first-order valence-corrected chi connectivity index (χ1v) is 10.7. The van der Waals surface area contributed by atoms with Crippen LogP contribution in [0.4, 0.5) is 13.2 Å². The third-order valence-corrected chi connectivity index (χ3v) is 5.20. The van der Waals surface area contributed by atoms with Gasteiger partial charge in [-0.1, -0.05) is 82.6 Å². The van der Waals surface area contributed by atoms with Crippen molar-refractivity contribution in [3.8, 4) is 0 Å². The van der Waals surface area contributed by atoms with Crippen LogP contribution >= 0.6 is 0 Å². The van der Waals surface area contributed by atoms with Crippen molar-refractivity contribution < 1.29 is 22.4 Å². The van der Waals surface area contributed by atoms with Gasteiger partial charge in [0, 0.05) is 11.1 Å². The van der Waals surface area contributed by atoms with Gasteiger partial charge in [0.15, 0.2) is 0 Å². The molecule has 0 unspecified atom stereocenters. The molecule has 0 aromatic heterocycles. The van der Waals surface area contributed by atoms with Crippen LogP contribution in [0.3, 0.4) is 0 Å². The molecule has 1 aromatic rings. The van der Waals surface area contributed by atoms with Crippen LogP contribution in [-0.2, 0) is 6.54 Å². The summed E-state index contributed by atoms with van der Waals surface area (Å²) in [7, 11) is 4.28. The van der Waals surface area contributed by atoms with E-state index >= 15 is 0 Å². The molecular weight excluding hydrogens is 363 g/mol. The van der Waals surface area contributed by atoms with Crippen LogP contribution < -0.4 is 0 Å². The Labute approximate surface area is 168 Å². The topological polar surface area (TPSA) is 17.1 Å². The lowest BCUT2D eigenvalue weighted by Gasteiger charge is -2.30. The van der Waals surface area contributed by atoms with Crippen molar-refractivity contribution in [1.82, 2.24) is 0 Å². The summed E-state index contributed by atoms with van der Waals surface area (Å²) in [6.07, 6.45) is 8.25. The van der Waals surface area contributed by atoms with Gasteiger partial charge in [-0.2, -0.15) is 13.2 Å². The second kappa shape index (κ2) is 12.3. The SMILES string of the molecule is CCCCCCCCCCCC[N+](C)(C)Cc1ccc(C(=O)C(F)(F)F)cc1. The minimum atomic E-state index is -4.81. The van der Waals surface area contributed by atoms with Gasteiger partial charge in [0.05, 0.1) is 20.6 Å². The minimum Gasteiger partial charge on any atom is -0.325 e. The number of ketones is 1. The fourth-order valence-corrected chi connectivity index (χ4v) is 3.53. The molecule has 0 atom stereocenters. The third kappa shape index (κ3) is 10.3. The average Bonchev–Trinajstić information content (AvgIpc) is 2.62. The molecule has 1 rings (SSSR count). The van der Waals surface area contributed by atoms with Crippen LogP contribution in [0, 0.1) is 0 Å². The molecule has 0 heterocycles. The van der Waals surface area contributed by atoms with Crippen LogP contribution in [0.15, 0.2) is 24.3 Å². The zero-order valence-corrected chi connectivity index (χ0v) is 17.8. The Morgan fingerprint density at radius 1 is 0.821 bits per heavy atom. The van der Waals surface area contributed by atoms with Crippen molar-refractivity contribution in [2.24, 2.45) is 0 Å². The van der Waals surface area contributed by atoms with Crippen molar-refractivity contribution in [2.75, 3.05) is 20.6 Å². The number of carbonyl (C=O) groups excluding carboxylic acids is 1. The molecule has 28 heavy (non-hydrogen) atoms. The maximum atomic E-state index is 12.5. The van der Waals surface area contributed by atoms with E-state index < -0.39 is 12.0 Å². The molecule has 0 aliphatic rings. The molecular formula is C23H37F3NO+. The Morgan fingerprint density at radius 2 is 1.29 bits per heavy atom. The number of alkyl halides is 3. The third-order valence-electron chi connectivity index (χ3n) is 5.20. The zero-order chi connectivity index (χ0) is 21.0. The van der Waals surface area contributed by atoms with E-state index in [0.29, 0.717) is 0 Å². The van der Waals surface area contributed by atoms with Crippen molar-refractivity contribution in [2.45, 2.75) is 83.9 Å². The van der Waals surface area contributed by atoms with Gasteiger partial charge in [-0.25, -0.2) is 0 Å². The summed E-state index contributed by atoms with van der Waals surface area (Å²) in [6, 6.07) is 5.84. The number of nitrogens with zero attached hydrogens (tertiary/aromatic N) is 1. The fourth-order valence-electron chi connectivity index (χ4n) is 3.53. The number of rotatable bonds is 14. The zero-order valence-electron chi connectivity index (χ0n) is 17.8. The van der Waals surface area contributed by atoms with Gasteiger partial charge in [-0.3, -0.25) is 4.79 Å². The van der Waals surface area contributed by atoms with Gasteiger partial charge < -0.3 is 4.48 Å². The van der Waals surface area contributed by atoms with Gasteiger partial charge in [0.2, 0.25) is 0 Å². The molecule has 0 saturated carbocycles. The molecule has 2 nitrogen and oxygen atoms in total. The van der Waals surface area contributed by atoms with E-state index in [0.717, 1.165) is 29.6 Å². The van der Waals surface area contributed by atoms with E-state index in [9.17, 15) is 18.0 Å². The number of carbonyl (C=O) groups is 1. The smallest absolute Gasteiger partial charge is 0.325 e. The molecule has 5 heteroatoms. The lowest BCUT2D eigenvalue weighted by atomic mass is 10.1. The highest BCUT2D eigenvalue weighted by Gasteiger charge is 2.39. The molecule has 0 saturated heterocycles. The standard InChI is InChI=1S/C23H37F3NO/c1-4-5-6-7-8-9-10-11-12-13-18-27(2,3)19-20-14-16-21(17-15-20)22(28)23(24,25)26/h14-17H,4-13,18-19H2,1-3H3/q+1. The minimum absolute atomic E-state index is 0.295. The predicted molar refractivity (Wildman–Crippen MR) is 109 cm³/mol. The first kappa shape index (κ1) is 24.7. The van der Waals surface area contributed by atoms with E-state index in [2.05, 4.69) is 21.0 Å². The van der Waals surface area contributed by atoms with Crippen molar-refractivity contribution >= 4 is 5.78 Å². The monoisotopic (exact) mass is 400 g/mol. The Kier molecular flexibility index (Phi) is 10.8. The number of halogens is 3. The van der Waals surface area contributed by atoms with Crippen LogP contribution in [0.2, 0.25) is 0 Å². The molecule has 0 aliphatic carbocycles. The molecule has 0 radical (unpaired) electrons. The summed E-state index contributed by atoms with van der Waals surface area (Å²) in [5, 5.41) is 0. The molecule has 0 amide bonds. The Hall–Kier alpha value is -1.36. The lowest BCUT2D eigenvalue weighted by Crippen LogP contribution is -2.39. The number of unbranched alkanes of at least 4 members (excludes halogenated alkanes) is 9. The van der Waals surface area contributed by atoms with Gasteiger partial charge >= 0.3 is 6.18 Å². The second-order valence-electron chi connectivity index (χ2n) is 8.52. The van der Waals surface area contributed by atoms with Gasteiger partial charge in [-0.15, -0.1) is 0 Å². The summed E-state index contributed by atoms with van der Waals surface area (Å²) in [4.78, 5) is 11.2. The van der Waals surface area contributed by atoms with Crippen molar-refractivity contribution in [3.63, 3.8) is 0 Å². The number of quaternary nitrogens is 1.